The van der Waals surface area contributed by atoms with Crippen molar-refractivity contribution >= 4 is 40.9 Å². The van der Waals surface area contributed by atoms with E-state index in [1.165, 1.54) is 12.1 Å². The molecule has 0 aliphatic carbocycles. The molecule has 1 amide bonds. The smallest absolute Gasteiger partial charge is 0.321 e. The maximum atomic E-state index is 12.8. The molecule has 0 bridgehead atoms. The number of hydrogen-bond donors (Lipinski definition) is 3. The molecule has 0 spiro atoms. The SMILES string of the molecule is N[C@H](CSCC(=O)Nc1ccc(F)cc1Cl)C(=O)O. The van der Waals surface area contributed by atoms with Crippen LogP contribution in [0.3, 0.4) is 0 Å². The van der Waals surface area contributed by atoms with E-state index in [0.29, 0.717) is 5.69 Å². The van der Waals surface area contributed by atoms with Crippen molar-refractivity contribution in [1.29, 1.82) is 0 Å². The highest BCUT2D eigenvalue weighted by Crippen LogP contribution is 2.22. The third-order valence-electron chi connectivity index (χ3n) is 2.05. The third kappa shape index (κ3) is 5.46. The van der Waals surface area contributed by atoms with E-state index in [0.717, 1.165) is 17.8 Å². The Labute approximate surface area is 118 Å². The Morgan fingerprint density at radius 3 is 2.79 bits per heavy atom. The quantitative estimate of drug-likeness (QED) is 0.742. The number of thioether (sulfide) groups is 1. The van der Waals surface area contributed by atoms with Gasteiger partial charge in [0.15, 0.2) is 0 Å². The molecule has 0 aromatic heterocycles. The molecular weight excluding hydrogens is 295 g/mol. The normalized spacial score (nSPS) is 11.9. The summed E-state index contributed by atoms with van der Waals surface area (Å²) in [6, 6.07) is 2.61. The first-order valence-corrected chi connectivity index (χ1v) is 6.74. The molecule has 104 valence electrons. The van der Waals surface area contributed by atoms with Crippen molar-refractivity contribution in [3.05, 3.63) is 29.0 Å². The van der Waals surface area contributed by atoms with Gasteiger partial charge < -0.3 is 16.2 Å². The molecule has 1 aromatic carbocycles. The molecule has 0 heterocycles. The lowest BCUT2D eigenvalue weighted by Gasteiger charge is -2.08. The van der Waals surface area contributed by atoms with Crippen molar-refractivity contribution in [1.82, 2.24) is 0 Å². The van der Waals surface area contributed by atoms with E-state index < -0.39 is 17.8 Å². The van der Waals surface area contributed by atoms with Crippen molar-refractivity contribution in [3.63, 3.8) is 0 Å². The van der Waals surface area contributed by atoms with Crippen LogP contribution in [0.4, 0.5) is 10.1 Å². The van der Waals surface area contributed by atoms with Crippen LogP contribution in [0.5, 0.6) is 0 Å². The highest BCUT2D eigenvalue weighted by molar-refractivity contribution is 8.00. The molecule has 0 saturated carbocycles. The molecule has 5 nitrogen and oxygen atoms in total. The topological polar surface area (TPSA) is 92.4 Å². The van der Waals surface area contributed by atoms with Gasteiger partial charge in [-0.1, -0.05) is 11.6 Å². The van der Waals surface area contributed by atoms with Gasteiger partial charge >= 0.3 is 5.97 Å². The number of hydrogen-bond acceptors (Lipinski definition) is 4. The van der Waals surface area contributed by atoms with Crippen LogP contribution in [0.2, 0.25) is 5.02 Å². The predicted molar refractivity (Wildman–Crippen MR) is 73.0 cm³/mol. The third-order valence-corrected chi connectivity index (χ3v) is 3.43. The minimum Gasteiger partial charge on any atom is -0.480 e. The predicted octanol–water partition coefficient (Wildman–Crippen LogP) is 1.56. The summed E-state index contributed by atoms with van der Waals surface area (Å²) in [5.41, 5.74) is 5.58. The molecule has 1 aromatic rings. The number of rotatable bonds is 6. The molecule has 1 rings (SSSR count). The summed E-state index contributed by atoms with van der Waals surface area (Å²) >= 11 is 6.83. The van der Waals surface area contributed by atoms with Crippen LogP contribution in [-0.4, -0.2) is 34.5 Å². The lowest BCUT2D eigenvalue weighted by atomic mass is 10.3. The molecule has 1 atom stereocenters. The van der Waals surface area contributed by atoms with Crippen LogP contribution >= 0.6 is 23.4 Å². The first-order valence-electron chi connectivity index (χ1n) is 5.21. The molecular formula is C11H12ClFN2O3S. The van der Waals surface area contributed by atoms with E-state index in [1.54, 1.807) is 0 Å². The van der Waals surface area contributed by atoms with Gasteiger partial charge in [0.25, 0.3) is 0 Å². The summed E-state index contributed by atoms with van der Waals surface area (Å²) < 4.78 is 12.8. The molecule has 0 fully saturated rings. The largest absolute Gasteiger partial charge is 0.480 e. The zero-order chi connectivity index (χ0) is 14.4. The van der Waals surface area contributed by atoms with Gasteiger partial charge in [-0.05, 0) is 18.2 Å². The number of halogens is 2. The number of carbonyl (C=O) groups excluding carboxylic acids is 1. The molecule has 0 radical (unpaired) electrons. The number of nitrogens with one attached hydrogen (secondary N) is 1. The van der Waals surface area contributed by atoms with Crippen molar-refractivity contribution in [2.75, 3.05) is 16.8 Å². The van der Waals surface area contributed by atoms with Gasteiger partial charge in [0, 0.05) is 5.75 Å². The maximum Gasteiger partial charge on any atom is 0.321 e. The summed E-state index contributed by atoms with van der Waals surface area (Å²) in [7, 11) is 0. The Morgan fingerprint density at radius 2 is 2.21 bits per heavy atom. The lowest BCUT2D eigenvalue weighted by molar-refractivity contribution is -0.137. The number of aliphatic carboxylic acids is 1. The van der Waals surface area contributed by atoms with Crippen molar-refractivity contribution < 1.29 is 19.1 Å². The van der Waals surface area contributed by atoms with Gasteiger partial charge in [0.05, 0.1) is 16.5 Å². The van der Waals surface area contributed by atoms with Crippen molar-refractivity contribution in [3.8, 4) is 0 Å². The summed E-state index contributed by atoms with van der Waals surface area (Å²) in [5.74, 6) is -1.82. The Kier molecular flexibility index (Phi) is 6.07. The number of carboxylic acids is 1. The van der Waals surface area contributed by atoms with Gasteiger partial charge in [-0.15, -0.1) is 11.8 Å². The van der Waals surface area contributed by atoms with Crippen LogP contribution in [-0.2, 0) is 9.59 Å². The van der Waals surface area contributed by atoms with Crippen LogP contribution in [0, 0.1) is 5.82 Å². The molecule has 0 unspecified atom stereocenters. The fourth-order valence-electron chi connectivity index (χ4n) is 1.13. The fraction of sp³-hybridized carbons (Fsp3) is 0.273. The van der Waals surface area contributed by atoms with E-state index in [-0.39, 0.29) is 22.4 Å². The summed E-state index contributed by atoms with van der Waals surface area (Å²) in [6.07, 6.45) is 0. The molecule has 4 N–H and O–H groups in total. The van der Waals surface area contributed by atoms with Gasteiger partial charge in [-0.2, -0.15) is 0 Å². The van der Waals surface area contributed by atoms with Gasteiger partial charge in [0.2, 0.25) is 5.91 Å². The van der Waals surface area contributed by atoms with Crippen LogP contribution in [0.15, 0.2) is 18.2 Å². The van der Waals surface area contributed by atoms with Crippen LogP contribution < -0.4 is 11.1 Å². The van der Waals surface area contributed by atoms with Crippen molar-refractivity contribution in [2.45, 2.75) is 6.04 Å². The first kappa shape index (κ1) is 15.7. The summed E-state index contributed by atoms with van der Waals surface area (Å²) in [6.45, 7) is 0. The Hall–Kier alpha value is -1.31. The van der Waals surface area contributed by atoms with Gasteiger partial charge in [-0.25, -0.2) is 4.39 Å². The van der Waals surface area contributed by atoms with Gasteiger partial charge in [0.1, 0.15) is 11.9 Å². The number of amides is 1. The number of carbonyl (C=O) groups is 2. The van der Waals surface area contributed by atoms with E-state index >= 15 is 0 Å². The van der Waals surface area contributed by atoms with E-state index in [2.05, 4.69) is 5.32 Å². The number of benzene rings is 1. The van der Waals surface area contributed by atoms with Crippen LogP contribution in [0.1, 0.15) is 0 Å². The minimum absolute atomic E-state index is 0.0364. The first-order chi connectivity index (χ1) is 8.90. The highest BCUT2D eigenvalue weighted by Gasteiger charge is 2.13. The Balaban J connectivity index is 2.41. The van der Waals surface area contributed by atoms with E-state index in [4.69, 9.17) is 22.4 Å². The molecule has 19 heavy (non-hydrogen) atoms. The molecule has 0 aliphatic heterocycles. The number of carboxylic acid groups (broad SMARTS) is 1. The molecule has 0 saturated heterocycles. The average Bonchev–Trinajstić information content (AvgIpc) is 2.32. The maximum absolute atomic E-state index is 12.8. The average molecular weight is 307 g/mol. The van der Waals surface area contributed by atoms with Crippen molar-refractivity contribution in [2.24, 2.45) is 5.73 Å². The van der Waals surface area contributed by atoms with E-state index in [1.807, 2.05) is 0 Å². The number of nitrogens with two attached hydrogens (primary N) is 1. The fourth-order valence-corrected chi connectivity index (χ4v) is 2.11. The molecule has 0 aliphatic rings. The van der Waals surface area contributed by atoms with Gasteiger partial charge in [-0.3, -0.25) is 9.59 Å². The second kappa shape index (κ2) is 7.32. The summed E-state index contributed by atoms with van der Waals surface area (Å²) in [5, 5.41) is 11.1. The minimum atomic E-state index is -1.12. The molecule has 8 heteroatoms. The van der Waals surface area contributed by atoms with E-state index in [9.17, 15) is 14.0 Å². The number of anilines is 1. The highest BCUT2D eigenvalue weighted by atomic mass is 35.5. The monoisotopic (exact) mass is 306 g/mol. The zero-order valence-electron chi connectivity index (χ0n) is 9.73. The standard InChI is InChI=1S/C11H12ClFN2O3S/c12-7-3-6(13)1-2-9(7)15-10(16)5-19-4-8(14)11(17)18/h1-3,8H,4-5,14H2,(H,15,16)(H,17,18)/t8-/m1/s1. The van der Waals surface area contributed by atoms with Crippen LogP contribution in [0.25, 0.3) is 0 Å². The Bertz CT molecular complexity index is 487. The second-order valence-electron chi connectivity index (χ2n) is 3.63. The lowest BCUT2D eigenvalue weighted by Crippen LogP contribution is -2.33. The second-order valence-corrected chi connectivity index (χ2v) is 5.07. The zero-order valence-corrected chi connectivity index (χ0v) is 11.3. The Morgan fingerprint density at radius 1 is 1.53 bits per heavy atom. The summed E-state index contributed by atoms with van der Waals surface area (Å²) in [4.78, 5) is 22.0.